The first-order valence-electron chi connectivity index (χ1n) is 9.16. The van der Waals surface area contributed by atoms with E-state index < -0.39 is 17.5 Å². The molecule has 29 heavy (non-hydrogen) atoms. The van der Waals surface area contributed by atoms with Crippen LogP contribution in [0.25, 0.3) is 0 Å². The minimum atomic E-state index is -1.30. The first kappa shape index (κ1) is 21.4. The highest BCUT2D eigenvalue weighted by molar-refractivity contribution is 6.42. The number of ether oxygens (including phenoxy) is 2. The Morgan fingerprint density at radius 2 is 1.72 bits per heavy atom. The minimum Gasteiger partial charge on any atom is -0.497 e. The molecule has 1 atom stereocenters. The number of carbonyl (C=O) groups excluding carboxylic acids is 2. The van der Waals surface area contributed by atoms with Gasteiger partial charge in [0.2, 0.25) is 0 Å². The first-order chi connectivity index (χ1) is 13.9. The zero-order chi connectivity index (χ0) is 21.2. The molecule has 2 aromatic carbocycles. The maximum absolute atomic E-state index is 13.7. The van der Waals surface area contributed by atoms with Crippen LogP contribution in [-0.4, -0.2) is 44.2 Å². The smallest absolute Gasteiger partial charge is 0.332 e. The van der Waals surface area contributed by atoms with Gasteiger partial charge in [-0.15, -0.1) is 0 Å². The minimum absolute atomic E-state index is 0.0338. The Bertz CT molecular complexity index is 919. The lowest BCUT2D eigenvalue weighted by Gasteiger charge is -2.33. The van der Waals surface area contributed by atoms with Crippen LogP contribution in [0.5, 0.6) is 5.75 Å². The summed E-state index contributed by atoms with van der Waals surface area (Å²) >= 11 is 12.1. The largest absolute Gasteiger partial charge is 0.497 e. The predicted octanol–water partition coefficient (Wildman–Crippen LogP) is 4.72. The molecule has 0 aromatic heterocycles. The van der Waals surface area contributed by atoms with Crippen molar-refractivity contribution in [3.05, 3.63) is 58.1 Å². The van der Waals surface area contributed by atoms with Crippen LogP contribution in [0, 0.1) is 0 Å². The molecule has 1 fully saturated rings. The van der Waals surface area contributed by atoms with Gasteiger partial charge in [-0.3, -0.25) is 4.79 Å². The Morgan fingerprint density at radius 3 is 2.31 bits per heavy atom. The van der Waals surface area contributed by atoms with E-state index >= 15 is 0 Å². The molecule has 1 aliphatic rings. The van der Waals surface area contributed by atoms with Crippen LogP contribution in [0.3, 0.4) is 0 Å². The van der Waals surface area contributed by atoms with Crippen molar-refractivity contribution in [2.75, 3.05) is 32.3 Å². The van der Waals surface area contributed by atoms with Gasteiger partial charge in [0.1, 0.15) is 5.75 Å². The molecule has 154 valence electrons. The Kier molecular flexibility index (Phi) is 6.36. The van der Waals surface area contributed by atoms with Crippen LogP contribution >= 0.6 is 23.2 Å². The van der Waals surface area contributed by atoms with Gasteiger partial charge in [0.15, 0.2) is 5.54 Å². The molecule has 1 saturated heterocycles. The number of carbonyl (C=O) groups is 2. The molecule has 8 heteroatoms. The van der Waals surface area contributed by atoms with Gasteiger partial charge in [-0.25, -0.2) is 9.69 Å². The molecule has 2 aromatic rings. The standard InChI is InChI=1S/C21H22Cl2N2O4/c1-4-11-29-13-21(14-5-8-16(28-3)9-6-14)19(26)25(20(27)24(21)2)15-7-10-17(22)18(23)12-15/h5-10,12H,4,11,13H2,1-3H3. The van der Waals surface area contributed by atoms with Gasteiger partial charge in [-0.1, -0.05) is 42.3 Å². The topological polar surface area (TPSA) is 59.1 Å². The van der Waals surface area contributed by atoms with E-state index in [1.165, 1.54) is 11.0 Å². The van der Waals surface area contributed by atoms with E-state index in [0.29, 0.717) is 28.6 Å². The molecule has 1 aliphatic heterocycles. The quantitative estimate of drug-likeness (QED) is 0.465. The van der Waals surface area contributed by atoms with Gasteiger partial charge in [0.25, 0.3) is 5.91 Å². The first-order valence-corrected chi connectivity index (χ1v) is 9.92. The van der Waals surface area contributed by atoms with Gasteiger partial charge in [0.05, 0.1) is 29.4 Å². The zero-order valence-electron chi connectivity index (χ0n) is 16.4. The molecule has 3 rings (SSSR count). The Labute approximate surface area is 179 Å². The molecule has 0 aliphatic carbocycles. The maximum Gasteiger partial charge on any atom is 0.332 e. The predicted molar refractivity (Wildman–Crippen MR) is 113 cm³/mol. The molecule has 3 amide bonds. The van der Waals surface area contributed by atoms with Crippen LogP contribution in [0.4, 0.5) is 10.5 Å². The SMILES string of the molecule is CCCOCC1(c2ccc(OC)cc2)C(=O)N(c2ccc(Cl)c(Cl)c2)C(=O)N1C. The number of anilines is 1. The van der Waals surface area contributed by atoms with Crippen molar-refractivity contribution in [1.82, 2.24) is 4.90 Å². The van der Waals surface area contributed by atoms with Gasteiger partial charge >= 0.3 is 6.03 Å². The Hall–Kier alpha value is -2.28. The number of hydrogen-bond acceptors (Lipinski definition) is 4. The van der Waals surface area contributed by atoms with E-state index in [1.807, 2.05) is 6.92 Å². The van der Waals surface area contributed by atoms with Crippen molar-refractivity contribution in [2.24, 2.45) is 0 Å². The number of urea groups is 1. The van der Waals surface area contributed by atoms with Crippen LogP contribution in [0.15, 0.2) is 42.5 Å². The van der Waals surface area contributed by atoms with E-state index in [0.717, 1.165) is 11.3 Å². The monoisotopic (exact) mass is 436 g/mol. The van der Waals surface area contributed by atoms with E-state index in [1.54, 1.807) is 50.6 Å². The fourth-order valence-corrected chi connectivity index (χ4v) is 3.66. The summed E-state index contributed by atoms with van der Waals surface area (Å²) in [5.74, 6) is 0.240. The van der Waals surface area contributed by atoms with Gasteiger partial charge < -0.3 is 14.4 Å². The second-order valence-electron chi connectivity index (χ2n) is 6.72. The second kappa shape index (κ2) is 8.61. The third-order valence-corrected chi connectivity index (χ3v) is 5.74. The molecule has 0 radical (unpaired) electrons. The number of amides is 3. The number of benzene rings is 2. The molecular weight excluding hydrogens is 415 g/mol. The van der Waals surface area contributed by atoms with Crippen LogP contribution in [0.2, 0.25) is 10.0 Å². The number of likely N-dealkylation sites (N-methyl/N-ethyl adjacent to an activating group) is 1. The lowest BCUT2D eigenvalue weighted by atomic mass is 9.89. The number of methoxy groups -OCH3 is 1. The lowest BCUT2D eigenvalue weighted by Crippen LogP contribution is -2.49. The molecular formula is C21H22Cl2N2O4. The molecule has 0 bridgehead atoms. The Balaban J connectivity index is 2.09. The van der Waals surface area contributed by atoms with Crippen molar-refractivity contribution < 1.29 is 19.1 Å². The van der Waals surface area contributed by atoms with Crippen molar-refractivity contribution >= 4 is 40.8 Å². The highest BCUT2D eigenvalue weighted by atomic mass is 35.5. The summed E-state index contributed by atoms with van der Waals surface area (Å²) in [6.07, 6.45) is 0.793. The highest BCUT2D eigenvalue weighted by Gasteiger charge is 2.57. The molecule has 1 heterocycles. The average Bonchev–Trinajstić information content (AvgIpc) is 2.91. The van der Waals surface area contributed by atoms with Crippen LogP contribution in [0.1, 0.15) is 18.9 Å². The molecule has 6 nitrogen and oxygen atoms in total. The maximum atomic E-state index is 13.7. The number of nitrogens with zero attached hydrogens (tertiary/aromatic N) is 2. The van der Waals surface area contributed by atoms with Crippen molar-refractivity contribution in [3.8, 4) is 5.75 Å². The van der Waals surface area contributed by atoms with Crippen molar-refractivity contribution in [2.45, 2.75) is 18.9 Å². The van der Waals surface area contributed by atoms with Gasteiger partial charge in [0, 0.05) is 13.7 Å². The Morgan fingerprint density at radius 1 is 1.03 bits per heavy atom. The summed E-state index contributed by atoms with van der Waals surface area (Å²) in [6.45, 7) is 2.49. The number of imide groups is 1. The van der Waals surface area contributed by atoms with Gasteiger partial charge in [-0.2, -0.15) is 0 Å². The van der Waals surface area contributed by atoms with E-state index in [2.05, 4.69) is 0 Å². The lowest BCUT2D eigenvalue weighted by molar-refractivity contribution is -0.128. The normalized spacial score (nSPS) is 19.2. The number of halogens is 2. The van der Waals surface area contributed by atoms with E-state index in [9.17, 15) is 9.59 Å². The highest BCUT2D eigenvalue weighted by Crippen LogP contribution is 2.40. The summed E-state index contributed by atoms with van der Waals surface area (Å²) in [4.78, 5) is 29.3. The van der Waals surface area contributed by atoms with Crippen LogP contribution < -0.4 is 9.64 Å². The summed E-state index contributed by atoms with van der Waals surface area (Å²) in [5, 5.41) is 0.604. The zero-order valence-corrected chi connectivity index (χ0v) is 18.0. The summed E-state index contributed by atoms with van der Waals surface area (Å²) < 4.78 is 11.0. The molecule has 0 N–H and O–H groups in total. The fourth-order valence-electron chi connectivity index (χ4n) is 3.37. The molecule has 0 saturated carbocycles. The van der Waals surface area contributed by atoms with Crippen LogP contribution in [-0.2, 0) is 15.1 Å². The summed E-state index contributed by atoms with van der Waals surface area (Å²) in [5.41, 5.74) is -0.310. The number of rotatable bonds is 7. The number of hydrogen-bond donors (Lipinski definition) is 0. The molecule has 1 unspecified atom stereocenters. The molecule has 0 spiro atoms. The van der Waals surface area contributed by atoms with Crippen molar-refractivity contribution in [1.29, 1.82) is 0 Å². The van der Waals surface area contributed by atoms with Crippen molar-refractivity contribution in [3.63, 3.8) is 0 Å². The summed E-state index contributed by atoms with van der Waals surface area (Å²) in [6, 6.07) is 11.2. The third-order valence-electron chi connectivity index (χ3n) is 5.00. The third kappa shape index (κ3) is 3.68. The second-order valence-corrected chi connectivity index (χ2v) is 7.54. The fraction of sp³-hybridized carbons (Fsp3) is 0.333. The van der Waals surface area contributed by atoms with Gasteiger partial charge in [-0.05, 0) is 42.3 Å². The van der Waals surface area contributed by atoms with E-state index in [4.69, 9.17) is 32.7 Å². The average molecular weight is 437 g/mol. The summed E-state index contributed by atoms with van der Waals surface area (Å²) in [7, 11) is 3.16. The van der Waals surface area contributed by atoms with E-state index in [-0.39, 0.29) is 11.6 Å².